The highest BCUT2D eigenvalue weighted by molar-refractivity contribution is 7.78. The van der Waals surface area contributed by atoms with Crippen molar-refractivity contribution >= 4 is 34.7 Å². The van der Waals surface area contributed by atoms with Crippen molar-refractivity contribution in [2.75, 3.05) is 18.0 Å². The third-order valence-electron chi connectivity index (χ3n) is 4.41. The average molecular weight is 403 g/mol. The number of nitrogens with zero attached hydrogens (tertiary/aromatic N) is 2. The van der Waals surface area contributed by atoms with E-state index in [0.29, 0.717) is 13.1 Å². The number of carbonyl (C=O) groups is 1. The Balaban J connectivity index is 1.90. The molecular formula is C24H22N2O2S. The number of carbonyl (C=O) groups excluding carboxylic acids is 1. The van der Waals surface area contributed by atoms with Crippen molar-refractivity contribution < 1.29 is 9.53 Å². The van der Waals surface area contributed by atoms with Gasteiger partial charge < -0.3 is 4.74 Å². The molecule has 1 fully saturated rings. The van der Waals surface area contributed by atoms with Gasteiger partial charge in [-0.25, -0.2) is 9.79 Å². The minimum Gasteiger partial charge on any atom is -0.442 e. The molecule has 3 rings (SSSR count). The molecule has 0 aromatic heterocycles. The van der Waals surface area contributed by atoms with Crippen LogP contribution in [0.2, 0.25) is 0 Å². The van der Waals surface area contributed by atoms with Gasteiger partial charge in [-0.15, -0.1) is 0 Å². The number of allylic oxidation sites excluding steroid dienone is 8. The molecule has 0 spiro atoms. The number of thiocarbonyl (C=S) groups is 1. The molecule has 1 aliphatic heterocycles. The Kier molecular flexibility index (Phi) is 7.70. The lowest BCUT2D eigenvalue weighted by molar-refractivity contribution is 0.145. The van der Waals surface area contributed by atoms with Crippen molar-refractivity contribution in [3.63, 3.8) is 0 Å². The van der Waals surface area contributed by atoms with Gasteiger partial charge >= 0.3 is 6.09 Å². The summed E-state index contributed by atoms with van der Waals surface area (Å²) in [5.41, 5.74) is 2.99. The summed E-state index contributed by atoms with van der Waals surface area (Å²) in [6.45, 7) is 0.761. The summed E-state index contributed by atoms with van der Waals surface area (Å²) in [7, 11) is 0. The van der Waals surface area contributed by atoms with Gasteiger partial charge in [-0.05, 0) is 41.9 Å². The topological polar surface area (TPSA) is 41.9 Å². The van der Waals surface area contributed by atoms with E-state index in [9.17, 15) is 4.79 Å². The second-order valence-corrected chi connectivity index (χ2v) is 6.61. The van der Waals surface area contributed by atoms with Crippen LogP contribution in [0.4, 0.5) is 10.5 Å². The molecule has 1 amide bonds. The Labute approximate surface area is 176 Å². The maximum absolute atomic E-state index is 12.3. The summed E-state index contributed by atoms with van der Waals surface area (Å²) in [6, 6.07) is 15.7. The Morgan fingerprint density at radius 2 is 1.86 bits per heavy atom. The molecule has 4 nitrogen and oxygen atoms in total. The van der Waals surface area contributed by atoms with Gasteiger partial charge in [0.05, 0.1) is 18.3 Å². The Hall–Kier alpha value is -3.27. The smallest absolute Gasteiger partial charge is 0.414 e. The summed E-state index contributed by atoms with van der Waals surface area (Å²) < 4.78 is 5.36. The first kappa shape index (κ1) is 20.5. The largest absolute Gasteiger partial charge is 0.442 e. The summed E-state index contributed by atoms with van der Waals surface area (Å²) in [5, 5.41) is 2.31. The van der Waals surface area contributed by atoms with Gasteiger partial charge in [0.2, 0.25) is 0 Å². The third-order valence-corrected chi connectivity index (χ3v) is 4.53. The summed E-state index contributed by atoms with van der Waals surface area (Å²) >= 11 is 4.59. The van der Waals surface area contributed by atoms with Crippen molar-refractivity contribution in [3.05, 3.63) is 96.6 Å². The van der Waals surface area contributed by atoms with Crippen molar-refractivity contribution in [1.29, 1.82) is 0 Å². The maximum atomic E-state index is 12.3. The maximum Gasteiger partial charge on any atom is 0.414 e. The zero-order valence-electron chi connectivity index (χ0n) is 16.0. The van der Waals surface area contributed by atoms with Crippen molar-refractivity contribution in [2.45, 2.75) is 12.5 Å². The fourth-order valence-electron chi connectivity index (χ4n) is 3.00. The number of hydrogen-bond donors (Lipinski definition) is 0. The van der Waals surface area contributed by atoms with E-state index in [1.165, 1.54) is 0 Å². The minimum atomic E-state index is -0.379. The molecule has 1 saturated heterocycles. The Bertz CT molecular complexity index is 970. The number of ether oxygens (including phenoxy) is 1. The second kappa shape index (κ2) is 10.9. The molecule has 2 aliphatic rings. The number of hydrogen-bond acceptors (Lipinski definition) is 4. The number of amides is 1. The Morgan fingerprint density at radius 1 is 1.07 bits per heavy atom. The molecule has 1 aromatic rings. The van der Waals surface area contributed by atoms with Crippen LogP contribution < -0.4 is 4.90 Å². The van der Waals surface area contributed by atoms with Crippen molar-refractivity contribution in [2.24, 2.45) is 4.99 Å². The quantitative estimate of drug-likeness (QED) is 0.480. The van der Waals surface area contributed by atoms with E-state index in [1.54, 1.807) is 4.90 Å². The fourth-order valence-corrected chi connectivity index (χ4v) is 3.07. The highest BCUT2D eigenvalue weighted by atomic mass is 32.1. The lowest BCUT2D eigenvalue weighted by Crippen LogP contribution is -2.24. The normalized spacial score (nSPS) is 23.0. The summed E-state index contributed by atoms with van der Waals surface area (Å²) in [5.74, 6) is 0. The van der Waals surface area contributed by atoms with Crippen molar-refractivity contribution in [3.8, 4) is 0 Å². The van der Waals surface area contributed by atoms with Gasteiger partial charge in [0.1, 0.15) is 6.10 Å². The molecule has 0 bridgehead atoms. The predicted octanol–water partition coefficient (Wildman–Crippen LogP) is 5.69. The first-order chi connectivity index (χ1) is 14.3. The number of rotatable bonds is 4. The molecule has 0 N–H and O–H groups in total. The highest BCUT2D eigenvalue weighted by Crippen LogP contribution is 2.21. The number of anilines is 1. The molecule has 29 heavy (non-hydrogen) atoms. The SMILES string of the molecule is O=C1OC(CN=C=S)CN1c1cccccc(C2=C/C\C=C/C=C\C=C\2)ccc1. The molecule has 1 aromatic carbocycles. The first-order valence-electron chi connectivity index (χ1n) is 9.43. The van der Waals surface area contributed by atoms with Gasteiger partial charge in [-0.2, -0.15) is 0 Å². The molecule has 1 heterocycles. The lowest BCUT2D eigenvalue weighted by Gasteiger charge is -2.11. The van der Waals surface area contributed by atoms with Crippen LogP contribution in [0.15, 0.2) is 96.1 Å². The lowest BCUT2D eigenvalue weighted by atomic mass is 10.1. The molecular weight excluding hydrogens is 380 g/mol. The fraction of sp³-hybridized carbons (Fsp3) is 0.167. The van der Waals surface area contributed by atoms with Crippen LogP contribution in [0.25, 0.3) is 5.57 Å². The molecule has 1 unspecified atom stereocenters. The molecule has 0 radical (unpaired) electrons. The molecule has 1 aliphatic carbocycles. The van der Waals surface area contributed by atoms with Crippen molar-refractivity contribution in [1.82, 2.24) is 0 Å². The molecule has 146 valence electrons. The van der Waals surface area contributed by atoms with Gasteiger partial charge in [0, 0.05) is 5.69 Å². The number of cyclic esters (lactones) is 1. The van der Waals surface area contributed by atoms with Crippen LogP contribution in [0.5, 0.6) is 0 Å². The number of aliphatic imine (C=N–C) groups is 1. The molecule has 5 heteroatoms. The zero-order chi connectivity index (χ0) is 20.3. The van der Waals surface area contributed by atoms with Crippen LogP contribution in [0, 0.1) is 0 Å². The van der Waals surface area contributed by atoms with E-state index in [1.807, 2.05) is 66.8 Å². The highest BCUT2D eigenvalue weighted by Gasteiger charge is 2.31. The summed E-state index contributed by atoms with van der Waals surface area (Å²) in [4.78, 5) is 17.8. The minimum absolute atomic E-state index is 0.312. The van der Waals surface area contributed by atoms with E-state index >= 15 is 0 Å². The van der Waals surface area contributed by atoms with Gasteiger partial charge in [-0.3, -0.25) is 4.90 Å². The third kappa shape index (κ3) is 6.11. The van der Waals surface area contributed by atoms with Crippen LogP contribution in [0.3, 0.4) is 0 Å². The van der Waals surface area contributed by atoms with Crippen LogP contribution in [-0.4, -0.2) is 30.4 Å². The molecule has 1 atom stereocenters. The standard InChI is InChI=1S/C24H22N2O2S/c27-24-26(18-23(28-24)17-25-19-29)22-15-9-5-8-13-21(14-10-16-22)20-11-6-3-1-2-4-7-12-20/h1-6,8-16,23H,7,17-18H2/b3-1-,4-2-,8-5?,9-5?,11-6+,13-8?,14-10?,15-9?,16-10?,20-12+,21-13?,21-14?,22-15?,22-16?. The van der Waals surface area contributed by atoms with Gasteiger partial charge in [0.15, 0.2) is 0 Å². The average Bonchev–Trinajstić information content (AvgIpc) is 3.16. The van der Waals surface area contributed by atoms with Crippen LogP contribution >= 0.6 is 12.2 Å². The zero-order valence-corrected chi connectivity index (χ0v) is 16.8. The monoisotopic (exact) mass is 402 g/mol. The van der Waals surface area contributed by atoms with E-state index in [-0.39, 0.29) is 12.2 Å². The van der Waals surface area contributed by atoms with E-state index in [0.717, 1.165) is 23.2 Å². The molecule has 0 saturated carbocycles. The Morgan fingerprint density at radius 3 is 2.76 bits per heavy atom. The predicted molar refractivity (Wildman–Crippen MR) is 122 cm³/mol. The van der Waals surface area contributed by atoms with Gasteiger partial charge in [0.25, 0.3) is 0 Å². The van der Waals surface area contributed by atoms with Crippen LogP contribution in [-0.2, 0) is 4.74 Å². The van der Waals surface area contributed by atoms with Crippen LogP contribution in [0.1, 0.15) is 12.0 Å². The first-order valence-corrected chi connectivity index (χ1v) is 9.84. The second-order valence-electron chi connectivity index (χ2n) is 6.43. The van der Waals surface area contributed by atoms with E-state index in [2.05, 4.69) is 46.7 Å². The van der Waals surface area contributed by atoms with E-state index in [4.69, 9.17) is 4.74 Å². The van der Waals surface area contributed by atoms with E-state index < -0.39 is 0 Å². The summed E-state index contributed by atoms with van der Waals surface area (Å²) in [6.07, 6.45) is 14.7. The number of isothiocyanates is 1. The van der Waals surface area contributed by atoms with Gasteiger partial charge in [-0.1, -0.05) is 78.9 Å².